The van der Waals surface area contributed by atoms with Gasteiger partial charge in [-0.2, -0.15) is 0 Å². The number of carbonyl (C=O) groups excluding carboxylic acids is 1. The predicted octanol–water partition coefficient (Wildman–Crippen LogP) is 2.88. The summed E-state index contributed by atoms with van der Waals surface area (Å²) in [5.41, 5.74) is 2.95. The van der Waals surface area contributed by atoms with Crippen LogP contribution in [0.2, 0.25) is 0 Å². The monoisotopic (exact) mass is 485 g/mol. The van der Waals surface area contributed by atoms with Crippen molar-refractivity contribution in [3.8, 4) is 5.75 Å². The Morgan fingerprint density at radius 3 is 2.49 bits per heavy atom. The lowest BCUT2D eigenvalue weighted by Crippen LogP contribution is -2.68. The maximum atomic E-state index is 12.2. The van der Waals surface area contributed by atoms with E-state index in [1.165, 1.54) is 13.8 Å². The first kappa shape index (κ1) is 25.1. The minimum Gasteiger partial charge on any atom is -0.479 e. The molecule has 2 saturated heterocycles. The number of rotatable bonds is 7. The van der Waals surface area contributed by atoms with Gasteiger partial charge in [-0.15, -0.1) is 0 Å². The van der Waals surface area contributed by atoms with E-state index < -0.39 is 49.0 Å². The lowest BCUT2D eigenvalue weighted by atomic mass is 9.95. The fraction of sp³-hybridized carbons (Fsp3) is 0.462. The number of aliphatic carboxylic acids is 1. The Balaban J connectivity index is 1.65. The number of hydrogen-bond acceptors (Lipinski definition) is 7. The topological polar surface area (TPSA) is 113 Å². The average molecular weight is 486 g/mol. The molecule has 4 rings (SSSR count). The maximum absolute atomic E-state index is 12.2. The summed E-state index contributed by atoms with van der Waals surface area (Å²) in [7, 11) is 0. The van der Waals surface area contributed by atoms with Crippen molar-refractivity contribution in [2.45, 2.75) is 70.7 Å². The van der Waals surface area contributed by atoms with Crippen molar-refractivity contribution >= 4 is 11.9 Å². The second-order valence-electron chi connectivity index (χ2n) is 8.89. The summed E-state index contributed by atoms with van der Waals surface area (Å²) >= 11 is 0. The number of fused-ring (bicyclic) bond motifs is 1. The minimum atomic E-state index is -1.15. The summed E-state index contributed by atoms with van der Waals surface area (Å²) in [5, 5.41) is 12.4. The van der Waals surface area contributed by atoms with Gasteiger partial charge in [0.15, 0.2) is 12.4 Å². The maximum Gasteiger partial charge on any atom is 0.332 e. The van der Waals surface area contributed by atoms with E-state index in [2.05, 4.69) is 5.32 Å². The van der Waals surface area contributed by atoms with E-state index in [0.717, 1.165) is 16.7 Å². The van der Waals surface area contributed by atoms with Gasteiger partial charge in [0, 0.05) is 12.5 Å². The number of carbonyl (C=O) groups is 2. The zero-order valence-electron chi connectivity index (χ0n) is 20.2. The zero-order chi connectivity index (χ0) is 25.1. The number of benzene rings is 2. The van der Waals surface area contributed by atoms with Crippen molar-refractivity contribution in [2.75, 3.05) is 6.61 Å². The molecule has 0 spiro atoms. The Morgan fingerprint density at radius 2 is 1.83 bits per heavy atom. The van der Waals surface area contributed by atoms with E-state index in [4.69, 9.17) is 23.7 Å². The molecule has 2 aromatic carbocycles. The van der Waals surface area contributed by atoms with E-state index in [0.29, 0.717) is 5.75 Å². The lowest BCUT2D eigenvalue weighted by molar-refractivity contribution is -0.340. The summed E-state index contributed by atoms with van der Waals surface area (Å²) in [4.78, 5) is 23.8. The van der Waals surface area contributed by atoms with Crippen LogP contribution < -0.4 is 10.1 Å². The van der Waals surface area contributed by atoms with Crippen LogP contribution in [0.4, 0.5) is 0 Å². The number of nitrogens with one attached hydrogen (secondary N) is 1. The molecule has 2 N–H and O–H groups in total. The van der Waals surface area contributed by atoms with Crippen LogP contribution in [0.15, 0.2) is 48.5 Å². The first-order valence-corrected chi connectivity index (χ1v) is 11.6. The molecule has 35 heavy (non-hydrogen) atoms. The van der Waals surface area contributed by atoms with Gasteiger partial charge in [0.05, 0.1) is 6.61 Å². The molecule has 2 heterocycles. The molecule has 2 aliphatic heterocycles. The average Bonchev–Trinajstić information content (AvgIpc) is 2.83. The van der Waals surface area contributed by atoms with Crippen LogP contribution in [0.1, 0.15) is 36.8 Å². The fourth-order valence-electron chi connectivity index (χ4n) is 4.22. The number of ether oxygens (including phenoxy) is 5. The molecule has 0 bridgehead atoms. The van der Waals surface area contributed by atoms with E-state index in [9.17, 15) is 14.7 Å². The van der Waals surface area contributed by atoms with Crippen LogP contribution >= 0.6 is 0 Å². The second-order valence-corrected chi connectivity index (χ2v) is 8.89. The van der Waals surface area contributed by atoms with Gasteiger partial charge < -0.3 is 34.1 Å². The van der Waals surface area contributed by atoms with Crippen LogP contribution in [-0.4, -0.2) is 60.3 Å². The molecule has 9 nitrogen and oxygen atoms in total. The van der Waals surface area contributed by atoms with Crippen molar-refractivity contribution in [1.29, 1.82) is 0 Å². The van der Waals surface area contributed by atoms with Gasteiger partial charge in [-0.1, -0.05) is 36.4 Å². The standard InChI is InChI=1S/C26H31NO8/c1-14-10-11-19(12-15(14)2)33-26-21(27-17(4)28)23(32-16(3)24(29)30)22-20(34-26)13-31-25(35-22)18-8-6-5-7-9-18/h5-12,16,20-23,25-26H,13H2,1-4H3,(H,27,28)(H,29,30). The number of aryl methyl sites for hydroxylation is 2. The Morgan fingerprint density at radius 1 is 1.09 bits per heavy atom. The molecule has 0 saturated carbocycles. The SMILES string of the molecule is CC(=O)NC1C(Oc2ccc(C)c(C)c2)OC2COC(c3ccccc3)OC2C1OC(C)C(=O)O. The third-order valence-corrected chi connectivity index (χ3v) is 6.22. The fourth-order valence-corrected chi connectivity index (χ4v) is 4.22. The highest BCUT2D eigenvalue weighted by Gasteiger charge is 2.52. The van der Waals surface area contributed by atoms with Crippen LogP contribution in [0.3, 0.4) is 0 Å². The molecule has 7 unspecified atom stereocenters. The Bertz CT molecular complexity index is 1040. The lowest BCUT2D eigenvalue weighted by Gasteiger charge is -2.49. The molecule has 1 amide bonds. The highest BCUT2D eigenvalue weighted by atomic mass is 16.8. The van der Waals surface area contributed by atoms with Gasteiger partial charge in [0.25, 0.3) is 0 Å². The third-order valence-electron chi connectivity index (χ3n) is 6.22. The van der Waals surface area contributed by atoms with E-state index >= 15 is 0 Å². The predicted molar refractivity (Wildman–Crippen MR) is 125 cm³/mol. The molecular weight excluding hydrogens is 454 g/mol. The summed E-state index contributed by atoms with van der Waals surface area (Å²) in [6.45, 7) is 6.95. The summed E-state index contributed by atoms with van der Waals surface area (Å²) < 4.78 is 30.5. The highest BCUT2D eigenvalue weighted by Crippen LogP contribution is 2.36. The Kier molecular flexibility index (Phi) is 7.71. The number of carboxylic acids is 1. The van der Waals surface area contributed by atoms with Crippen molar-refractivity contribution in [3.05, 3.63) is 65.2 Å². The molecule has 0 aliphatic carbocycles. The van der Waals surface area contributed by atoms with Crippen LogP contribution in [0, 0.1) is 13.8 Å². The van der Waals surface area contributed by atoms with Gasteiger partial charge in [-0.25, -0.2) is 4.79 Å². The number of amides is 1. The van der Waals surface area contributed by atoms with Crippen LogP contribution in [0.25, 0.3) is 0 Å². The molecule has 2 aliphatic rings. The van der Waals surface area contributed by atoms with Crippen molar-refractivity contribution < 1.29 is 38.4 Å². The first-order chi connectivity index (χ1) is 16.7. The van der Waals surface area contributed by atoms with E-state index in [1.807, 2.05) is 62.4 Å². The van der Waals surface area contributed by atoms with Crippen LogP contribution in [-0.2, 0) is 28.5 Å². The largest absolute Gasteiger partial charge is 0.479 e. The summed E-state index contributed by atoms with van der Waals surface area (Å²) in [5.74, 6) is -0.918. The Hall–Kier alpha value is -2.98. The number of hydrogen-bond donors (Lipinski definition) is 2. The van der Waals surface area contributed by atoms with Crippen molar-refractivity contribution in [2.24, 2.45) is 0 Å². The molecule has 2 aromatic rings. The van der Waals surface area contributed by atoms with Gasteiger partial charge in [-0.05, 0) is 44.0 Å². The quantitative estimate of drug-likeness (QED) is 0.616. The molecule has 0 aromatic heterocycles. The van der Waals surface area contributed by atoms with E-state index in [-0.39, 0.29) is 12.5 Å². The van der Waals surface area contributed by atoms with Crippen molar-refractivity contribution in [3.63, 3.8) is 0 Å². The normalized spacial score (nSPS) is 29.0. The Labute approximate surface area is 204 Å². The van der Waals surface area contributed by atoms with Crippen LogP contribution in [0.5, 0.6) is 5.75 Å². The molecule has 188 valence electrons. The van der Waals surface area contributed by atoms with Gasteiger partial charge >= 0.3 is 5.97 Å². The smallest absolute Gasteiger partial charge is 0.332 e. The molecule has 9 heteroatoms. The third kappa shape index (κ3) is 5.82. The number of carboxylic acid groups (broad SMARTS) is 1. The second kappa shape index (κ2) is 10.7. The zero-order valence-corrected chi connectivity index (χ0v) is 20.2. The summed E-state index contributed by atoms with van der Waals surface area (Å²) in [6, 6.07) is 14.2. The first-order valence-electron chi connectivity index (χ1n) is 11.6. The minimum absolute atomic E-state index is 0.172. The molecule has 0 radical (unpaired) electrons. The van der Waals surface area contributed by atoms with Crippen molar-refractivity contribution in [1.82, 2.24) is 5.32 Å². The molecular formula is C26H31NO8. The van der Waals surface area contributed by atoms with Gasteiger partial charge in [-0.3, -0.25) is 4.79 Å². The van der Waals surface area contributed by atoms with Gasteiger partial charge in [0.2, 0.25) is 12.2 Å². The highest BCUT2D eigenvalue weighted by molar-refractivity contribution is 5.73. The van der Waals surface area contributed by atoms with Gasteiger partial charge in [0.1, 0.15) is 30.1 Å². The van der Waals surface area contributed by atoms with E-state index in [1.54, 1.807) is 0 Å². The summed E-state index contributed by atoms with van der Waals surface area (Å²) in [6.07, 6.45) is -5.01. The molecule has 2 fully saturated rings. The molecule has 7 atom stereocenters.